The van der Waals surface area contributed by atoms with E-state index in [1.807, 2.05) is 13.8 Å². The molecule has 1 aromatic heterocycles. The minimum atomic E-state index is -1.23. The number of carboxylic acids is 1. The van der Waals surface area contributed by atoms with Crippen molar-refractivity contribution in [1.82, 2.24) is 15.1 Å². The van der Waals surface area contributed by atoms with Crippen LogP contribution in [0.1, 0.15) is 48.4 Å². The molecule has 0 fully saturated rings. The summed E-state index contributed by atoms with van der Waals surface area (Å²) in [4.78, 5) is 35.5. The fourth-order valence-electron chi connectivity index (χ4n) is 2.11. The molecule has 1 heterocycles. The Kier molecular flexibility index (Phi) is 5.44. The first-order valence-electron chi connectivity index (χ1n) is 8.12. The van der Waals surface area contributed by atoms with E-state index >= 15 is 0 Å². The Bertz CT molecular complexity index is 822. The summed E-state index contributed by atoms with van der Waals surface area (Å²) in [5.74, 6) is -1.62. The van der Waals surface area contributed by atoms with Gasteiger partial charge in [-0.2, -0.15) is 5.10 Å². The Morgan fingerprint density at radius 1 is 1.08 bits per heavy atom. The molecule has 0 spiro atoms. The number of hydrogen-bond donors (Lipinski definition) is 3. The molecule has 0 saturated heterocycles. The summed E-state index contributed by atoms with van der Waals surface area (Å²) < 4.78 is 1.27. The molecule has 0 aliphatic rings. The van der Waals surface area contributed by atoms with Crippen LogP contribution >= 0.6 is 0 Å². The molecular weight excluding hydrogens is 336 g/mol. The lowest BCUT2D eigenvalue weighted by Gasteiger charge is -2.19. The van der Waals surface area contributed by atoms with Crippen molar-refractivity contribution in [3.8, 4) is 0 Å². The van der Waals surface area contributed by atoms with Gasteiger partial charge in [-0.25, -0.2) is 4.79 Å². The Balaban J connectivity index is 2.08. The second-order valence-corrected chi connectivity index (χ2v) is 6.70. The molecule has 0 unspecified atom stereocenters. The molecule has 138 valence electrons. The van der Waals surface area contributed by atoms with Crippen LogP contribution in [0.2, 0.25) is 0 Å². The van der Waals surface area contributed by atoms with E-state index in [1.165, 1.54) is 30.9 Å². The predicted molar refractivity (Wildman–Crippen MR) is 96.2 cm³/mol. The van der Waals surface area contributed by atoms with Crippen LogP contribution in [0.4, 0.5) is 5.69 Å². The zero-order valence-corrected chi connectivity index (χ0v) is 15.1. The lowest BCUT2D eigenvalue weighted by molar-refractivity contribution is -0.146. The summed E-state index contributed by atoms with van der Waals surface area (Å²) in [5, 5.41) is 18.6. The zero-order valence-electron chi connectivity index (χ0n) is 15.1. The van der Waals surface area contributed by atoms with Gasteiger partial charge in [0.15, 0.2) is 5.54 Å². The number of carboxylic acid groups (broad SMARTS) is 1. The topological polar surface area (TPSA) is 113 Å². The van der Waals surface area contributed by atoms with E-state index in [1.54, 1.807) is 24.3 Å². The van der Waals surface area contributed by atoms with Gasteiger partial charge in [-0.1, -0.05) is 0 Å². The Morgan fingerprint density at radius 2 is 1.62 bits per heavy atom. The molecule has 0 saturated carbocycles. The number of carbonyl (C=O) groups excluding carboxylic acids is 2. The van der Waals surface area contributed by atoms with Crippen molar-refractivity contribution in [3.05, 3.63) is 47.8 Å². The van der Waals surface area contributed by atoms with Crippen molar-refractivity contribution in [2.45, 2.75) is 39.3 Å². The van der Waals surface area contributed by atoms with Crippen molar-refractivity contribution < 1.29 is 19.5 Å². The summed E-state index contributed by atoms with van der Waals surface area (Å²) in [6.07, 6.45) is 2.84. The summed E-state index contributed by atoms with van der Waals surface area (Å²) >= 11 is 0. The Hall–Kier alpha value is -3.16. The van der Waals surface area contributed by atoms with E-state index < -0.39 is 11.5 Å². The van der Waals surface area contributed by atoms with Crippen LogP contribution in [-0.2, 0) is 10.3 Å². The van der Waals surface area contributed by atoms with Gasteiger partial charge in [-0.05, 0) is 52.0 Å². The van der Waals surface area contributed by atoms with Gasteiger partial charge in [0, 0.05) is 23.4 Å². The second kappa shape index (κ2) is 7.38. The van der Waals surface area contributed by atoms with E-state index in [0.29, 0.717) is 16.8 Å². The number of benzene rings is 1. The molecule has 1 aromatic carbocycles. The minimum Gasteiger partial charge on any atom is -0.479 e. The molecule has 26 heavy (non-hydrogen) atoms. The second-order valence-electron chi connectivity index (χ2n) is 6.70. The fourth-order valence-corrected chi connectivity index (χ4v) is 2.11. The van der Waals surface area contributed by atoms with Gasteiger partial charge in [0.2, 0.25) is 0 Å². The maximum atomic E-state index is 12.3. The van der Waals surface area contributed by atoms with Crippen LogP contribution in [-0.4, -0.2) is 38.7 Å². The molecule has 8 nitrogen and oxygen atoms in total. The van der Waals surface area contributed by atoms with E-state index in [4.69, 9.17) is 0 Å². The third kappa shape index (κ3) is 4.27. The number of amides is 2. The van der Waals surface area contributed by atoms with Gasteiger partial charge in [0.25, 0.3) is 11.8 Å². The maximum Gasteiger partial charge on any atom is 0.331 e. The maximum absolute atomic E-state index is 12.3. The van der Waals surface area contributed by atoms with Crippen molar-refractivity contribution in [2.24, 2.45) is 0 Å². The predicted octanol–water partition coefficient (Wildman–Crippen LogP) is 2.09. The number of aromatic nitrogens is 2. The normalized spacial score (nSPS) is 11.3. The number of aliphatic carboxylic acids is 1. The van der Waals surface area contributed by atoms with Gasteiger partial charge in [0.05, 0.1) is 11.9 Å². The summed E-state index contributed by atoms with van der Waals surface area (Å²) in [6, 6.07) is 6.27. The van der Waals surface area contributed by atoms with Gasteiger partial charge in [-0.3, -0.25) is 14.3 Å². The number of rotatable bonds is 6. The highest BCUT2D eigenvalue weighted by atomic mass is 16.4. The molecule has 0 bridgehead atoms. The Morgan fingerprint density at radius 3 is 2.12 bits per heavy atom. The van der Waals surface area contributed by atoms with E-state index in [-0.39, 0.29) is 17.9 Å². The molecule has 0 radical (unpaired) electrons. The first-order valence-corrected chi connectivity index (χ1v) is 8.12. The molecule has 2 aromatic rings. The highest BCUT2D eigenvalue weighted by molar-refractivity contribution is 6.05. The van der Waals surface area contributed by atoms with Gasteiger partial charge in [0.1, 0.15) is 0 Å². The minimum absolute atomic E-state index is 0.0251. The third-order valence-corrected chi connectivity index (χ3v) is 3.77. The van der Waals surface area contributed by atoms with E-state index in [0.717, 1.165) is 0 Å². The van der Waals surface area contributed by atoms with Crippen molar-refractivity contribution in [1.29, 1.82) is 0 Å². The van der Waals surface area contributed by atoms with Crippen LogP contribution in [0, 0.1) is 0 Å². The lowest BCUT2D eigenvalue weighted by atomic mass is 10.1. The zero-order chi connectivity index (χ0) is 19.5. The lowest BCUT2D eigenvalue weighted by Crippen LogP contribution is -2.35. The number of hydrogen-bond acceptors (Lipinski definition) is 4. The molecular formula is C18H22N4O4. The average Bonchev–Trinajstić information content (AvgIpc) is 3.03. The number of anilines is 1. The number of nitrogens with zero attached hydrogens (tertiary/aromatic N) is 2. The van der Waals surface area contributed by atoms with Crippen LogP contribution in [0.15, 0.2) is 36.7 Å². The average molecular weight is 358 g/mol. The SMILES string of the molecule is CC(C)NC(=O)c1ccc(C(=O)Nc2cnn(C(C)(C)C(=O)O)c2)cc1. The van der Waals surface area contributed by atoms with Gasteiger partial charge < -0.3 is 15.7 Å². The molecule has 0 atom stereocenters. The van der Waals surface area contributed by atoms with Crippen LogP contribution < -0.4 is 10.6 Å². The standard InChI is InChI=1S/C18H22N4O4/c1-11(2)20-15(23)12-5-7-13(8-6-12)16(24)21-14-9-19-22(10-14)18(3,4)17(25)26/h5-11H,1-4H3,(H,20,23)(H,21,24)(H,25,26). The largest absolute Gasteiger partial charge is 0.479 e. The molecule has 3 N–H and O–H groups in total. The highest BCUT2D eigenvalue weighted by Crippen LogP contribution is 2.18. The smallest absolute Gasteiger partial charge is 0.331 e. The summed E-state index contributed by atoms with van der Waals surface area (Å²) in [5.41, 5.74) is -0.0115. The molecule has 0 aliphatic heterocycles. The van der Waals surface area contributed by atoms with Crippen molar-refractivity contribution in [2.75, 3.05) is 5.32 Å². The van der Waals surface area contributed by atoms with E-state index in [2.05, 4.69) is 15.7 Å². The Labute approximate surface area is 151 Å². The molecule has 0 aliphatic carbocycles. The number of carbonyl (C=O) groups is 3. The highest BCUT2D eigenvalue weighted by Gasteiger charge is 2.30. The third-order valence-electron chi connectivity index (χ3n) is 3.77. The summed E-state index contributed by atoms with van der Waals surface area (Å²) in [6.45, 7) is 6.75. The fraction of sp³-hybridized carbons (Fsp3) is 0.333. The van der Waals surface area contributed by atoms with Crippen LogP contribution in [0.3, 0.4) is 0 Å². The molecule has 2 amide bonds. The molecule has 8 heteroatoms. The van der Waals surface area contributed by atoms with Crippen molar-refractivity contribution in [3.63, 3.8) is 0 Å². The van der Waals surface area contributed by atoms with Gasteiger partial charge >= 0.3 is 5.97 Å². The quantitative estimate of drug-likeness (QED) is 0.732. The molecule has 2 rings (SSSR count). The van der Waals surface area contributed by atoms with Crippen LogP contribution in [0.25, 0.3) is 0 Å². The summed E-state index contributed by atoms with van der Waals surface area (Å²) in [7, 11) is 0. The van der Waals surface area contributed by atoms with Crippen LogP contribution in [0.5, 0.6) is 0 Å². The van der Waals surface area contributed by atoms with Crippen molar-refractivity contribution >= 4 is 23.5 Å². The first kappa shape index (κ1) is 19.2. The van der Waals surface area contributed by atoms with Gasteiger partial charge in [-0.15, -0.1) is 0 Å². The van der Waals surface area contributed by atoms with E-state index in [9.17, 15) is 19.5 Å². The first-order chi connectivity index (χ1) is 12.1. The number of nitrogens with one attached hydrogen (secondary N) is 2. The monoisotopic (exact) mass is 358 g/mol.